The third kappa shape index (κ3) is 2.54. The van der Waals surface area contributed by atoms with E-state index in [1.54, 1.807) is 0 Å². The van der Waals surface area contributed by atoms with Crippen LogP contribution in [-0.2, 0) is 0 Å². The highest BCUT2D eigenvalue weighted by atomic mass is 15.2. The van der Waals surface area contributed by atoms with Crippen molar-refractivity contribution in [1.29, 1.82) is 0 Å². The largest absolute Gasteiger partial charge is 0.323 e. The molecule has 0 aliphatic heterocycles. The number of nitrogens with two attached hydrogens (primary N) is 2. The first-order chi connectivity index (χ1) is 10.8. The molecule has 22 heavy (non-hydrogen) atoms. The second-order valence-electron chi connectivity index (χ2n) is 4.88. The molecule has 3 aromatic rings. The van der Waals surface area contributed by atoms with Gasteiger partial charge in [-0.05, 0) is 16.8 Å². The topological polar surface area (TPSA) is 76.8 Å². The Bertz CT molecular complexity index is 851. The van der Waals surface area contributed by atoms with Gasteiger partial charge >= 0.3 is 0 Å². The lowest BCUT2D eigenvalue weighted by Gasteiger charge is -2.09. The molecule has 0 saturated heterocycles. The molecule has 3 rings (SSSR count). The van der Waals surface area contributed by atoms with E-state index in [4.69, 9.17) is 11.7 Å². The molecule has 0 amide bonds. The maximum atomic E-state index is 5.61. The van der Waals surface area contributed by atoms with Gasteiger partial charge in [-0.1, -0.05) is 66.7 Å². The van der Waals surface area contributed by atoms with Crippen LogP contribution in [0.15, 0.2) is 83.0 Å². The highest BCUT2D eigenvalue weighted by molar-refractivity contribution is 6.53. The van der Waals surface area contributed by atoms with Crippen molar-refractivity contribution in [3.63, 3.8) is 0 Å². The second kappa shape index (κ2) is 6.10. The zero-order valence-electron chi connectivity index (χ0n) is 12.0. The normalized spacial score (nSPS) is 12.5. The van der Waals surface area contributed by atoms with Gasteiger partial charge in [0, 0.05) is 11.1 Å². The monoisotopic (exact) mass is 288 g/mol. The summed E-state index contributed by atoms with van der Waals surface area (Å²) in [7, 11) is 0. The summed E-state index contributed by atoms with van der Waals surface area (Å²) in [6.07, 6.45) is 0. The third-order valence-corrected chi connectivity index (χ3v) is 3.55. The SMILES string of the molecule is NN=C(/C(=N\N)c1ccc2ccccc2c1)c1ccccc1. The molecule has 4 heteroatoms. The predicted octanol–water partition coefficient (Wildman–Crippen LogP) is 2.87. The van der Waals surface area contributed by atoms with Gasteiger partial charge < -0.3 is 11.7 Å². The Kier molecular flexibility index (Phi) is 3.83. The van der Waals surface area contributed by atoms with Gasteiger partial charge in [0.25, 0.3) is 0 Å². The van der Waals surface area contributed by atoms with Crippen molar-refractivity contribution in [2.24, 2.45) is 21.9 Å². The Balaban J connectivity index is 2.10. The number of hydrogen-bond acceptors (Lipinski definition) is 4. The molecule has 4 nitrogen and oxygen atoms in total. The molecule has 0 saturated carbocycles. The maximum Gasteiger partial charge on any atom is 0.118 e. The molecule has 0 aromatic heterocycles. The lowest BCUT2D eigenvalue weighted by molar-refractivity contribution is 1.23. The molecule has 0 fully saturated rings. The van der Waals surface area contributed by atoms with E-state index in [1.165, 1.54) is 0 Å². The smallest absolute Gasteiger partial charge is 0.118 e. The molecule has 0 bridgehead atoms. The fraction of sp³-hybridized carbons (Fsp3) is 0. The van der Waals surface area contributed by atoms with Crippen LogP contribution in [-0.4, -0.2) is 11.4 Å². The molecular formula is C18H16N4. The number of hydrogen-bond donors (Lipinski definition) is 2. The van der Waals surface area contributed by atoms with Crippen molar-refractivity contribution in [3.05, 3.63) is 83.9 Å². The number of fused-ring (bicyclic) bond motifs is 1. The summed E-state index contributed by atoms with van der Waals surface area (Å²) in [5.41, 5.74) is 2.90. The Morgan fingerprint density at radius 2 is 1.18 bits per heavy atom. The van der Waals surface area contributed by atoms with Crippen LogP contribution in [0.3, 0.4) is 0 Å². The van der Waals surface area contributed by atoms with Crippen LogP contribution in [0.2, 0.25) is 0 Å². The summed E-state index contributed by atoms with van der Waals surface area (Å²) in [6.45, 7) is 0. The van der Waals surface area contributed by atoms with Crippen LogP contribution in [0.1, 0.15) is 11.1 Å². The fourth-order valence-electron chi connectivity index (χ4n) is 2.48. The quantitative estimate of drug-likeness (QED) is 0.441. The summed E-state index contributed by atoms with van der Waals surface area (Å²) in [5.74, 6) is 11.2. The van der Waals surface area contributed by atoms with E-state index in [0.29, 0.717) is 11.4 Å². The van der Waals surface area contributed by atoms with Gasteiger partial charge in [0.2, 0.25) is 0 Å². The van der Waals surface area contributed by atoms with E-state index < -0.39 is 0 Å². The second-order valence-corrected chi connectivity index (χ2v) is 4.88. The predicted molar refractivity (Wildman–Crippen MR) is 91.8 cm³/mol. The Morgan fingerprint density at radius 1 is 0.591 bits per heavy atom. The number of benzene rings is 3. The number of nitrogens with zero attached hydrogens (tertiary/aromatic N) is 2. The lowest BCUT2D eigenvalue weighted by Crippen LogP contribution is -2.20. The van der Waals surface area contributed by atoms with Crippen LogP contribution in [0.4, 0.5) is 0 Å². The summed E-state index contributed by atoms with van der Waals surface area (Å²) in [6, 6.07) is 23.8. The molecule has 3 aromatic carbocycles. The first kappa shape index (κ1) is 13.8. The summed E-state index contributed by atoms with van der Waals surface area (Å²) < 4.78 is 0. The van der Waals surface area contributed by atoms with Crippen LogP contribution in [0, 0.1) is 0 Å². The van der Waals surface area contributed by atoms with Crippen LogP contribution < -0.4 is 11.7 Å². The first-order valence-electron chi connectivity index (χ1n) is 6.94. The van der Waals surface area contributed by atoms with Crippen molar-refractivity contribution in [2.45, 2.75) is 0 Å². The van der Waals surface area contributed by atoms with Gasteiger partial charge in [-0.3, -0.25) is 0 Å². The van der Waals surface area contributed by atoms with Gasteiger partial charge in [-0.25, -0.2) is 0 Å². The van der Waals surface area contributed by atoms with Crippen molar-refractivity contribution < 1.29 is 0 Å². The fourth-order valence-corrected chi connectivity index (χ4v) is 2.48. The van der Waals surface area contributed by atoms with E-state index in [9.17, 15) is 0 Å². The van der Waals surface area contributed by atoms with E-state index in [1.807, 2.05) is 60.7 Å². The minimum atomic E-state index is 0.568. The summed E-state index contributed by atoms with van der Waals surface area (Å²) >= 11 is 0. The molecule has 0 unspecified atom stereocenters. The zero-order valence-corrected chi connectivity index (χ0v) is 12.0. The molecule has 0 spiro atoms. The Labute approximate surface area is 128 Å². The van der Waals surface area contributed by atoms with Crippen molar-refractivity contribution in [3.8, 4) is 0 Å². The molecule has 108 valence electrons. The Morgan fingerprint density at radius 3 is 1.86 bits per heavy atom. The maximum absolute atomic E-state index is 5.61. The molecule has 0 aliphatic rings. The Hall–Kier alpha value is -3.14. The number of rotatable bonds is 3. The highest BCUT2D eigenvalue weighted by Gasteiger charge is 2.14. The van der Waals surface area contributed by atoms with Gasteiger partial charge in [-0.15, -0.1) is 0 Å². The minimum absolute atomic E-state index is 0.568. The van der Waals surface area contributed by atoms with Gasteiger partial charge in [0.1, 0.15) is 11.4 Å². The molecule has 4 N–H and O–H groups in total. The molecular weight excluding hydrogens is 272 g/mol. The standard InChI is InChI=1S/C18H16N4/c19-21-17(14-7-2-1-3-8-14)18(22-20)16-11-10-13-6-4-5-9-15(13)12-16/h1-12H,19-20H2/b21-17?,22-18-. The van der Waals surface area contributed by atoms with E-state index in [2.05, 4.69) is 22.3 Å². The molecule has 0 atom stereocenters. The van der Waals surface area contributed by atoms with Gasteiger partial charge in [-0.2, -0.15) is 10.2 Å². The average Bonchev–Trinajstić information content (AvgIpc) is 2.60. The van der Waals surface area contributed by atoms with Gasteiger partial charge in [0.05, 0.1) is 0 Å². The number of hydrazone groups is 2. The van der Waals surface area contributed by atoms with E-state index >= 15 is 0 Å². The van der Waals surface area contributed by atoms with Gasteiger partial charge in [0.15, 0.2) is 0 Å². The van der Waals surface area contributed by atoms with Crippen molar-refractivity contribution >= 4 is 22.2 Å². The first-order valence-corrected chi connectivity index (χ1v) is 6.94. The highest BCUT2D eigenvalue weighted by Crippen LogP contribution is 2.17. The van der Waals surface area contributed by atoms with E-state index in [0.717, 1.165) is 21.9 Å². The van der Waals surface area contributed by atoms with Crippen LogP contribution in [0.5, 0.6) is 0 Å². The third-order valence-electron chi connectivity index (χ3n) is 3.55. The molecule has 0 radical (unpaired) electrons. The minimum Gasteiger partial charge on any atom is -0.323 e. The van der Waals surface area contributed by atoms with E-state index in [-0.39, 0.29) is 0 Å². The zero-order chi connectivity index (χ0) is 15.4. The van der Waals surface area contributed by atoms with Crippen LogP contribution in [0.25, 0.3) is 10.8 Å². The van der Waals surface area contributed by atoms with Crippen LogP contribution >= 0.6 is 0 Å². The van der Waals surface area contributed by atoms with Crippen molar-refractivity contribution in [2.75, 3.05) is 0 Å². The van der Waals surface area contributed by atoms with Crippen molar-refractivity contribution in [1.82, 2.24) is 0 Å². The molecule has 0 heterocycles. The molecule has 0 aliphatic carbocycles. The summed E-state index contributed by atoms with van der Waals surface area (Å²) in [4.78, 5) is 0. The lowest BCUT2D eigenvalue weighted by atomic mass is 9.97. The summed E-state index contributed by atoms with van der Waals surface area (Å²) in [5, 5.41) is 10.1. The average molecular weight is 288 g/mol.